The molecule has 0 bridgehead atoms. The highest BCUT2D eigenvalue weighted by Crippen LogP contribution is 2.13. The first kappa shape index (κ1) is 66.6. The number of carboxylic acids is 4. The molecule has 0 rings (SSSR count). The fraction of sp³-hybridized carbons (Fsp3) is 0.792. The zero-order valence-corrected chi connectivity index (χ0v) is 44.2. The van der Waals surface area contributed by atoms with E-state index in [1.54, 1.807) is 14.1 Å². The molecule has 0 spiro atoms. The molecular weight excluding hydrogens is 915 g/mol. The van der Waals surface area contributed by atoms with Crippen LogP contribution in [0.15, 0.2) is 24.3 Å². The van der Waals surface area contributed by atoms with Gasteiger partial charge in [-0.1, -0.05) is 115 Å². The molecule has 0 heterocycles. The monoisotopic (exact) mass is 1010 g/mol. The molecule has 0 saturated heterocycles. The normalized spacial score (nSPS) is 12.2. The molecule has 0 fully saturated rings. The molecule has 0 aromatic heterocycles. The summed E-state index contributed by atoms with van der Waals surface area (Å²) < 4.78 is 11.5. The molecule has 1 unspecified atom stereocenters. The van der Waals surface area contributed by atoms with Gasteiger partial charge in [0.15, 0.2) is 0 Å². The maximum atomic E-state index is 13.4. The minimum atomic E-state index is -1.25. The highest BCUT2D eigenvalue weighted by molar-refractivity contribution is 5.79. The molecule has 71 heavy (non-hydrogen) atoms. The van der Waals surface area contributed by atoms with Crippen LogP contribution >= 0.6 is 0 Å². The molecule has 0 saturated carbocycles. The molecule has 18 nitrogen and oxygen atoms in total. The van der Waals surface area contributed by atoms with Crippen molar-refractivity contribution in [3.63, 3.8) is 0 Å². The summed E-state index contributed by atoms with van der Waals surface area (Å²) >= 11 is 0. The Bertz CT molecular complexity index is 1500. The summed E-state index contributed by atoms with van der Waals surface area (Å²) in [6.07, 6.45) is 33.4. The summed E-state index contributed by atoms with van der Waals surface area (Å²) in [5, 5.41) is 37.4. The number of likely N-dealkylation sites (N-methyl/N-ethyl adjacent to an activating group) is 2. The zero-order chi connectivity index (χ0) is 52.9. The molecule has 0 aromatic rings. The maximum Gasteiger partial charge on any atom is 0.317 e. The summed E-state index contributed by atoms with van der Waals surface area (Å²) in [4.78, 5) is 92.2. The van der Waals surface area contributed by atoms with Gasteiger partial charge >= 0.3 is 35.8 Å². The maximum absolute atomic E-state index is 13.4. The van der Waals surface area contributed by atoms with Crippen LogP contribution in [0, 0.1) is 0 Å². The molecule has 4 N–H and O–H groups in total. The van der Waals surface area contributed by atoms with E-state index in [4.69, 9.17) is 19.7 Å². The second-order valence-electron chi connectivity index (χ2n) is 18.9. The third-order valence-corrected chi connectivity index (χ3v) is 12.0. The van der Waals surface area contributed by atoms with Crippen molar-refractivity contribution in [1.82, 2.24) is 24.5 Å². The van der Waals surface area contributed by atoms with Crippen molar-refractivity contribution < 1.29 is 63.5 Å². The molecular formula is C53H95N5O13. The highest BCUT2D eigenvalue weighted by Gasteiger charge is 2.23. The van der Waals surface area contributed by atoms with Crippen LogP contribution in [0.2, 0.25) is 0 Å². The number of carbonyl (C=O) groups excluding carboxylic acids is 3. The number of esters is 2. The highest BCUT2D eigenvalue weighted by atomic mass is 16.6. The number of rotatable bonds is 50. The van der Waals surface area contributed by atoms with Gasteiger partial charge in [-0.2, -0.15) is 0 Å². The lowest BCUT2D eigenvalue weighted by molar-refractivity contribution is -0.160. The average Bonchev–Trinajstić information content (AvgIpc) is 3.30. The quantitative estimate of drug-likeness (QED) is 0.0261. The van der Waals surface area contributed by atoms with Gasteiger partial charge in [-0.3, -0.25) is 48.3 Å². The van der Waals surface area contributed by atoms with Gasteiger partial charge in [0.1, 0.15) is 12.7 Å². The number of amides is 1. The second kappa shape index (κ2) is 45.5. The number of nitrogens with zero attached hydrogens (tertiary/aromatic N) is 5. The van der Waals surface area contributed by atoms with Crippen LogP contribution in [0.1, 0.15) is 168 Å². The Labute approximate surface area is 426 Å². The Kier molecular flexibility index (Phi) is 42.7. The molecule has 1 amide bonds. The molecule has 0 radical (unpaired) electrons. The molecule has 0 aromatic carbocycles. The van der Waals surface area contributed by atoms with Gasteiger partial charge in [-0.15, -0.1) is 0 Å². The van der Waals surface area contributed by atoms with Gasteiger partial charge in [0.05, 0.1) is 32.7 Å². The lowest BCUT2D eigenvalue weighted by atomic mass is 10.1. The third kappa shape index (κ3) is 44.1. The minimum absolute atomic E-state index is 0.00650. The summed E-state index contributed by atoms with van der Waals surface area (Å²) in [7, 11) is 3.37. The van der Waals surface area contributed by atoms with Crippen molar-refractivity contribution >= 4 is 41.7 Å². The summed E-state index contributed by atoms with van der Waals surface area (Å²) in [5.41, 5.74) is 0. The number of carboxylic acid groups (broad SMARTS) is 4. The molecule has 410 valence electrons. The summed E-state index contributed by atoms with van der Waals surface area (Å²) in [6.45, 7) is 2.66. The lowest BCUT2D eigenvalue weighted by Gasteiger charge is -2.29. The van der Waals surface area contributed by atoms with Crippen molar-refractivity contribution in [3.8, 4) is 0 Å². The van der Waals surface area contributed by atoms with Gasteiger partial charge < -0.3 is 39.7 Å². The number of allylic oxidation sites excluding steroid dienone is 4. The summed E-state index contributed by atoms with van der Waals surface area (Å²) in [6, 6.07) is 0. The van der Waals surface area contributed by atoms with E-state index in [1.807, 2.05) is 4.90 Å². The number of carbonyl (C=O) groups is 7. The Morgan fingerprint density at radius 2 is 0.803 bits per heavy atom. The number of hydrogen-bond acceptors (Lipinski definition) is 13. The van der Waals surface area contributed by atoms with E-state index in [0.717, 1.165) is 88.4 Å². The van der Waals surface area contributed by atoms with E-state index >= 15 is 0 Å². The first-order chi connectivity index (χ1) is 34.1. The smallest absolute Gasteiger partial charge is 0.317 e. The first-order valence-electron chi connectivity index (χ1n) is 26.7. The number of hydrogen-bond donors (Lipinski definition) is 4. The molecule has 0 aliphatic carbocycles. The van der Waals surface area contributed by atoms with Crippen LogP contribution in [-0.2, 0) is 43.0 Å². The van der Waals surface area contributed by atoms with Crippen LogP contribution in [0.5, 0.6) is 0 Å². The zero-order valence-electron chi connectivity index (χ0n) is 44.2. The standard InChI is InChI=1S/C53H95N5O13/c1-5-7-9-11-13-15-17-19-21-23-25-27-29-31-52(68)70-45-46(71-53(69)32-30-28-26-24-22-20-18-16-14-12-10-8-6-2)39-54(3)33-34-55(4)47(59)40-57(42-49(62)63)37-35-56(41-48(60)61)36-38-58(43-50(64)65)44-51(66)67/h15-18,46H,5-14,19-45H2,1-4H3,(H,60,61)(H,62,63)(H,64,65)(H,66,67)/b17-15+,18-16+. The van der Waals surface area contributed by atoms with E-state index < -0.39 is 62.1 Å². The lowest BCUT2D eigenvalue weighted by Crippen LogP contribution is -2.47. The van der Waals surface area contributed by atoms with Crippen LogP contribution in [0.25, 0.3) is 0 Å². The Balaban J connectivity index is 5.26. The minimum Gasteiger partial charge on any atom is -0.480 e. The first-order valence-corrected chi connectivity index (χ1v) is 26.7. The van der Waals surface area contributed by atoms with Crippen molar-refractivity contribution in [2.24, 2.45) is 0 Å². The third-order valence-electron chi connectivity index (χ3n) is 12.0. The largest absolute Gasteiger partial charge is 0.480 e. The van der Waals surface area contributed by atoms with Crippen LogP contribution in [-0.4, -0.2) is 192 Å². The van der Waals surface area contributed by atoms with E-state index in [9.17, 15) is 43.8 Å². The van der Waals surface area contributed by atoms with Crippen molar-refractivity contribution in [2.75, 3.05) is 99.2 Å². The SMILES string of the molecule is CCCCCC/C=C/CCCCCCCC(=O)OCC(CN(C)CCN(C)C(=O)CN(CCN(CCN(CC(=O)O)CC(=O)O)CC(=O)O)CC(=O)O)OC(=O)CCCCCCC/C=C/CCCCCC. The van der Waals surface area contributed by atoms with Crippen molar-refractivity contribution in [2.45, 2.75) is 174 Å². The van der Waals surface area contributed by atoms with Crippen molar-refractivity contribution in [3.05, 3.63) is 24.3 Å². The van der Waals surface area contributed by atoms with Crippen LogP contribution in [0.4, 0.5) is 0 Å². The molecule has 1 atom stereocenters. The molecule has 18 heteroatoms. The van der Waals surface area contributed by atoms with Crippen LogP contribution in [0.3, 0.4) is 0 Å². The predicted molar refractivity (Wildman–Crippen MR) is 276 cm³/mol. The number of aliphatic carboxylic acids is 4. The fourth-order valence-electron chi connectivity index (χ4n) is 7.83. The van der Waals surface area contributed by atoms with Crippen LogP contribution < -0.4 is 0 Å². The Hall–Kier alpha value is -4.39. The number of ether oxygens (including phenoxy) is 2. The van der Waals surface area contributed by atoms with Gasteiger partial charge in [0.2, 0.25) is 5.91 Å². The molecule has 0 aliphatic rings. The summed E-state index contributed by atoms with van der Waals surface area (Å²) in [5.74, 6) is -5.98. The Morgan fingerprint density at radius 1 is 0.437 bits per heavy atom. The van der Waals surface area contributed by atoms with E-state index in [-0.39, 0.29) is 77.2 Å². The predicted octanol–water partition coefficient (Wildman–Crippen LogP) is 7.59. The molecule has 0 aliphatic heterocycles. The van der Waals surface area contributed by atoms with E-state index in [2.05, 4.69) is 38.2 Å². The average molecular weight is 1010 g/mol. The van der Waals surface area contributed by atoms with Gasteiger partial charge in [0.25, 0.3) is 0 Å². The van der Waals surface area contributed by atoms with Gasteiger partial charge in [-0.05, 0) is 71.3 Å². The van der Waals surface area contributed by atoms with Gasteiger partial charge in [0, 0.05) is 65.7 Å². The fourth-order valence-corrected chi connectivity index (χ4v) is 7.83. The topological polar surface area (TPSA) is 235 Å². The van der Waals surface area contributed by atoms with Gasteiger partial charge in [-0.25, -0.2) is 0 Å². The van der Waals surface area contributed by atoms with E-state index in [0.29, 0.717) is 13.0 Å². The van der Waals surface area contributed by atoms with Crippen molar-refractivity contribution in [1.29, 1.82) is 0 Å². The Morgan fingerprint density at radius 3 is 1.24 bits per heavy atom. The second-order valence-corrected chi connectivity index (χ2v) is 18.9. The number of unbranched alkanes of at least 4 members (excludes halogenated alkanes) is 18. The van der Waals surface area contributed by atoms with E-state index in [1.165, 1.54) is 66.1 Å².